The molecule has 2 aromatic rings. The van der Waals surface area contributed by atoms with Crippen LogP contribution in [0.4, 0.5) is 4.39 Å². The second-order valence-corrected chi connectivity index (χ2v) is 6.02. The zero-order valence-electron chi connectivity index (χ0n) is 12.8. The molecule has 1 aromatic carbocycles. The fourth-order valence-electron chi connectivity index (χ4n) is 3.05. The topological polar surface area (TPSA) is 19.4 Å². The zero-order valence-corrected chi connectivity index (χ0v) is 12.8. The van der Waals surface area contributed by atoms with Gasteiger partial charge in [0.25, 0.3) is 0 Å². The minimum absolute atomic E-state index is 0.219. The van der Waals surface area contributed by atoms with E-state index in [2.05, 4.69) is 27.9 Å². The number of aryl methyl sites for hydroxylation is 1. The lowest BCUT2D eigenvalue weighted by Gasteiger charge is -2.21. The average molecular weight is 287 g/mol. The number of nitrogens with zero attached hydrogens (tertiary/aromatic N) is 3. The van der Waals surface area contributed by atoms with Gasteiger partial charge in [-0.25, -0.2) is 4.39 Å². The van der Waals surface area contributed by atoms with E-state index in [1.807, 2.05) is 13.0 Å². The van der Waals surface area contributed by atoms with Crippen LogP contribution in [0.15, 0.2) is 24.3 Å². The highest BCUT2D eigenvalue weighted by molar-refractivity contribution is 5.82. The van der Waals surface area contributed by atoms with E-state index in [1.165, 1.54) is 24.1 Å². The summed E-state index contributed by atoms with van der Waals surface area (Å²) in [4.78, 5) is 9.32. The quantitative estimate of drug-likeness (QED) is 0.846. The standard InChI is InChI=1S/C17H22FN3/c1-13-10-14(12-21-7-3-6-20(2)8-9-21)16-5-4-15(18)11-17(16)19-13/h4-5,10-11H,3,6-9,12H2,1-2H3. The molecule has 0 amide bonds. The van der Waals surface area contributed by atoms with E-state index in [1.54, 1.807) is 0 Å². The van der Waals surface area contributed by atoms with Gasteiger partial charge >= 0.3 is 0 Å². The molecule has 1 aromatic heterocycles. The summed E-state index contributed by atoms with van der Waals surface area (Å²) in [6.45, 7) is 7.37. The Labute approximate surface area is 125 Å². The van der Waals surface area contributed by atoms with Crippen molar-refractivity contribution >= 4 is 10.9 Å². The summed E-state index contributed by atoms with van der Waals surface area (Å²) in [5.74, 6) is -0.219. The lowest BCUT2D eigenvalue weighted by atomic mass is 10.1. The Balaban J connectivity index is 1.89. The number of fused-ring (bicyclic) bond motifs is 1. The molecule has 0 radical (unpaired) electrons. The second-order valence-electron chi connectivity index (χ2n) is 6.02. The van der Waals surface area contributed by atoms with E-state index in [0.717, 1.165) is 49.3 Å². The number of pyridine rings is 1. The van der Waals surface area contributed by atoms with Crippen molar-refractivity contribution < 1.29 is 4.39 Å². The third-order valence-corrected chi connectivity index (χ3v) is 4.19. The Morgan fingerprint density at radius 3 is 2.86 bits per heavy atom. The van der Waals surface area contributed by atoms with Gasteiger partial charge in [0.1, 0.15) is 5.82 Å². The molecule has 3 rings (SSSR count). The van der Waals surface area contributed by atoms with Crippen LogP contribution >= 0.6 is 0 Å². The monoisotopic (exact) mass is 287 g/mol. The first-order chi connectivity index (χ1) is 10.1. The van der Waals surface area contributed by atoms with Crippen molar-refractivity contribution in [3.05, 3.63) is 41.3 Å². The van der Waals surface area contributed by atoms with Crippen LogP contribution < -0.4 is 0 Å². The SMILES string of the molecule is Cc1cc(CN2CCCN(C)CC2)c2ccc(F)cc2n1. The van der Waals surface area contributed by atoms with Crippen LogP contribution in [0.1, 0.15) is 17.7 Å². The van der Waals surface area contributed by atoms with Crippen LogP contribution in [0.2, 0.25) is 0 Å². The van der Waals surface area contributed by atoms with Gasteiger partial charge in [-0.3, -0.25) is 9.88 Å². The number of likely N-dealkylation sites (N-methyl/N-ethyl adjacent to an activating group) is 1. The van der Waals surface area contributed by atoms with E-state index in [-0.39, 0.29) is 5.82 Å². The first-order valence-corrected chi connectivity index (χ1v) is 7.58. The van der Waals surface area contributed by atoms with Crippen LogP contribution in [0.5, 0.6) is 0 Å². The summed E-state index contributed by atoms with van der Waals surface area (Å²) in [7, 11) is 2.18. The highest BCUT2D eigenvalue weighted by Gasteiger charge is 2.14. The van der Waals surface area contributed by atoms with Crippen LogP contribution in [-0.2, 0) is 6.54 Å². The Kier molecular flexibility index (Phi) is 4.17. The number of aromatic nitrogens is 1. The Morgan fingerprint density at radius 2 is 2.00 bits per heavy atom. The number of hydrogen-bond donors (Lipinski definition) is 0. The van der Waals surface area contributed by atoms with Crippen molar-refractivity contribution in [3.63, 3.8) is 0 Å². The zero-order chi connectivity index (χ0) is 14.8. The molecular formula is C17H22FN3. The largest absolute Gasteiger partial charge is 0.305 e. The summed E-state index contributed by atoms with van der Waals surface area (Å²) in [6.07, 6.45) is 1.20. The number of rotatable bonds is 2. The third kappa shape index (κ3) is 3.39. The molecule has 1 saturated heterocycles. The molecule has 1 aliphatic rings. The summed E-state index contributed by atoms with van der Waals surface area (Å²) in [5.41, 5.74) is 2.97. The van der Waals surface area contributed by atoms with Crippen molar-refractivity contribution in [2.24, 2.45) is 0 Å². The Bertz CT molecular complexity index is 636. The summed E-state index contributed by atoms with van der Waals surface area (Å²) in [6, 6.07) is 7.05. The Morgan fingerprint density at radius 1 is 1.14 bits per heavy atom. The van der Waals surface area contributed by atoms with E-state index >= 15 is 0 Å². The first kappa shape index (κ1) is 14.4. The molecule has 0 atom stereocenters. The van der Waals surface area contributed by atoms with Gasteiger partial charge in [0.2, 0.25) is 0 Å². The van der Waals surface area contributed by atoms with Crippen molar-refractivity contribution in [1.82, 2.24) is 14.8 Å². The van der Waals surface area contributed by atoms with Crippen molar-refractivity contribution in [2.45, 2.75) is 19.9 Å². The third-order valence-electron chi connectivity index (χ3n) is 4.19. The first-order valence-electron chi connectivity index (χ1n) is 7.58. The van der Waals surface area contributed by atoms with Gasteiger partial charge in [0.15, 0.2) is 0 Å². The highest BCUT2D eigenvalue weighted by Crippen LogP contribution is 2.21. The second kappa shape index (κ2) is 6.08. The predicted octanol–water partition coefficient (Wildman–Crippen LogP) is 2.82. The van der Waals surface area contributed by atoms with E-state index in [9.17, 15) is 4.39 Å². The van der Waals surface area contributed by atoms with Crippen molar-refractivity contribution in [3.8, 4) is 0 Å². The maximum absolute atomic E-state index is 13.4. The van der Waals surface area contributed by atoms with Gasteiger partial charge in [-0.1, -0.05) is 0 Å². The van der Waals surface area contributed by atoms with Gasteiger partial charge in [-0.15, -0.1) is 0 Å². The van der Waals surface area contributed by atoms with E-state index in [0.29, 0.717) is 0 Å². The minimum Gasteiger partial charge on any atom is -0.305 e. The van der Waals surface area contributed by atoms with E-state index < -0.39 is 0 Å². The van der Waals surface area contributed by atoms with Gasteiger partial charge in [0.05, 0.1) is 5.52 Å². The normalized spacial score (nSPS) is 18.0. The number of hydrogen-bond acceptors (Lipinski definition) is 3. The molecule has 1 aliphatic heterocycles. The number of halogens is 1. The van der Waals surface area contributed by atoms with Crippen LogP contribution in [0.25, 0.3) is 10.9 Å². The maximum Gasteiger partial charge on any atom is 0.125 e. The number of benzene rings is 1. The molecule has 0 saturated carbocycles. The molecule has 0 spiro atoms. The molecular weight excluding hydrogens is 265 g/mol. The lowest BCUT2D eigenvalue weighted by molar-refractivity contribution is 0.270. The van der Waals surface area contributed by atoms with Crippen LogP contribution in [0.3, 0.4) is 0 Å². The van der Waals surface area contributed by atoms with Gasteiger partial charge < -0.3 is 4.90 Å². The molecule has 112 valence electrons. The molecule has 21 heavy (non-hydrogen) atoms. The maximum atomic E-state index is 13.4. The summed E-state index contributed by atoms with van der Waals surface area (Å²) >= 11 is 0. The van der Waals surface area contributed by atoms with E-state index in [4.69, 9.17) is 0 Å². The lowest BCUT2D eigenvalue weighted by Crippen LogP contribution is -2.28. The van der Waals surface area contributed by atoms with Crippen molar-refractivity contribution in [1.29, 1.82) is 0 Å². The van der Waals surface area contributed by atoms with Gasteiger partial charge in [-0.2, -0.15) is 0 Å². The van der Waals surface area contributed by atoms with Crippen molar-refractivity contribution in [2.75, 3.05) is 33.2 Å². The molecule has 0 aliphatic carbocycles. The Hall–Kier alpha value is -1.52. The fraction of sp³-hybridized carbons (Fsp3) is 0.471. The molecule has 2 heterocycles. The minimum atomic E-state index is -0.219. The molecule has 1 fully saturated rings. The van der Waals surface area contributed by atoms with Crippen LogP contribution in [-0.4, -0.2) is 48.0 Å². The summed E-state index contributed by atoms with van der Waals surface area (Å²) in [5, 5.41) is 1.07. The molecule has 0 N–H and O–H groups in total. The fourth-order valence-corrected chi connectivity index (χ4v) is 3.05. The molecule has 3 nitrogen and oxygen atoms in total. The smallest absolute Gasteiger partial charge is 0.125 e. The molecule has 0 bridgehead atoms. The predicted molar refractivity (Wildman–Crippen MR) is 83.8 cm³/mol. The van der Waals surface area contributed by atoms with Gasteiger partial charge in [0, 0.05) is 36.8 Å². The molecule has 4 heteroatoms. The highest BCUT2D eigenvalue weighted by atomic mass is 19.1. The summed E-state index contributed by atoms with van der Waals surface area (Å²) < 4.78 is 13.4. The molecule has 0 unspecified atom stereocenters. The van der Waals surface area contributed by atoms with Gasteiger partial charge in [-0.05, 0) is 57.2 Å². The average Bonchev–Trinajstić information content (AvgIpc) is 2.63. The van der Waals surface area contributed by atoms with Crippen LogP contribution in [0, 0.1) is 12.7 Å².